The molecule has 0 saturated heterocycles. The first-order valence-corrected chi connectivity index (χ1v) is 8.90. The molecule has 3 aromatic rings. The molecular weight excluding hydrogens is 355 g/mol. The zero-order chi connectivity index (χ0) is 18.7. The van der Waals surface area contributed by atoms with Gasteiger partial charge in [0.2, 0.25) is 0 Å². The van der Waals surface area contributed by atoms with Gasteiger partial charge in [0.1, 0.15) is 5.82 Å². The number of benzene rings is 2. The number of aryl methyl sites for hydroxylation is 1. The summed E-state index contributed by atoms with van der Waals surface area (Å²) in [7, 11) is 0. The SMILES string of the molecule is CCOC(=O)c1ccc2nc(NCC(=O)c3ccc(C)c(F)c3)sc2c1. The molecule has 0 atom stereocenters. The van der Waals surface area contributed by atoms with Crippen molar-refractivity contribution in [1.29, 1.82) is 0 Å². The van der Waals surface area contributed by atoms with Gasteiger partial charge in [0.25, 0.3) is 0 Å². The van der Waals surface area contributed by atoms with Crippen molar-refractivity contribution in [2.75, 3.05) is 18.5 Å². The van der Waals surface area contributed by atoms with Crippen molar-refractivity contribution in [2.45, 2.75) is 13.8 Å². The van der Waals surface area contributed by atoms with Crippen molar-refractivity contribution >= 4 is 38.4 Å². The molecule has 0 aliphatic rings. The lowest BCUT2D eigenvalue weighted by Crippen LogP contribution is -2.14. The van der Waals surface area contributed by atoms with Crippen LogP contribution in [0, 0.1) is 12.7 Å². The van der Waals surface area contributed by atoms with E-state index in [9.17, 15) is 14.0 Å². The minimum Gasteiger partial charge on any atom is -0.462 e. The number of nitrogens with one attached hydrogen (secondary N) is 1. The van der Waals surface area contributed by atoms with Crippen LogP contribution < -0.4 is 5.32 Å². The molecule has 5 nitrogen and oxygen atoms in total. The standard InChI is InChI=1S/C19H17FN2O3S/c1-3-25-18(24)13-6-7-15-17(9-13)26-19(22-15)21-10-16(23)12-5-4-11(2)14(20)8-12/h4-9H,3,10H2,1-2H3,(H,21,22). The second kappa shape index (κ2) is 7.61. The average molecular weight is 372 g/mol. The number of hydrogen-bond acceptors (Lipinski definition) is 6. The molecule has 1 heterocycles. The van der Waals surface area contributed by atoms with Gasteiger partial charge < -0.3 is 10.1 Å². The van der Waals surface area contributed by atoms with Crippen LogP contribution in [0.3, 0.4) is 0 Å². The first kappa shape index (κ1) is 18.0. The van der Waals surface area contributed by atoms with Crippen LogP contribution in [0.25, 0.3) is 10.2 Å². The number of thiazole rings is 1. The van der Waals surface area contributed by atoms with Crippen molar-refractivity contribution in [3.05, 3.63) is 58.9 Å². The Kier molecular flexibility index (Phi) is 5.27. The summed E-state index contributed by atoms with van der Waals surface area (Å²) in [5.41, 5.74) is 1.99. The second-order valence-electron chi connectivity index (χ2n) is 5.66. The Bertz CT molecular complexity index is 984. The maximum atomic E-state index is 13.6. The molecule has 3 rings (SSSR count). The van der Waals surface area contributed by atoms with Gasteiger partial charge >= 0.3 is 5.97 Å². The number of carbonyl (C=O) groups excluding carboxylic acids is 2. The summed E-state index contributed by atoms with van der Waals surface area (Å²) in [6.07, 6.45) is 0. The molecule has 0 radical (unpaired) electrons. The van der Waals surface area contributed by atoms with Crippen molar-refractivity contribution in [1.82, 2.24) is 4.98 Å². The van der Waals surface area contributed by atoms with Crippen LogP contribution in [-0.4, -0.2) is 29.9 Å². The third-order valence-electron chi connectivity index (χ3n) is 3.79. The highest BCUT2D eigenvalue weighted by Crippen LogP contribution is 2.27. The van der Waals surface area contributed by atoms with E-state index in [0.717, 1.165) is 10.2 Å². The summed E-state index contributed by atoms with van der Waals surface area (Å²) >= 11 is 1.33. The second-order valence-corrected chi connectivity index (χ2v) is 6.69. The average Bonchev–Trinajstić information content (AvgIpc) is 3.04. The van der Waals surface area contributed by atoms with Gasteiger partial charge in [-0.25, -0.2) is 14.2 Å². The zero-order valence-electron chi connectivity index (χ0n) is 14.3. The number of rotatable bonds is 6. The number of carbonyl (C=O) groups is 2. The van der Waals surface area contributed by atoms with E-state index in [1.54, 1.807) is 44.2 Å². The van der Waals surface area contributed by atoms with E-state index in [0.29, 0.717) is 28.4 Å². The number of Topliss-reactive ketones (excluding diaryl/α,β-unsaturated/α-hetero) is 1. The van der Waals surface area contributed by atoms with Crippen molar-refractivity contribution < 1.29 is 18.7 Å². The first-order valence-electron chi connectivity index (χ1n) is 8.09. The summed E-state index contributed by atoms with van der Waals surface area (Å²) in [5, 5.41) is 3.52. The third-order valence-corrected chi connectivity index (χ3v) is 4.77. The molecule has 134 valence electrons. The Morgan fingerprint density at radius 3 is 2.69 bits per heavy atom. The Hall–Kier alpha value is -2.80. The molecule has 1 N–H and O–H groups in total. The van der Waals surface area contributed by atoms with Crippen LogP contribution >= 0.6 is 11.3 Å². The molecule has 0 bridgehead atoms. The Balaban J connectivity index is 1.71. The smallest absolute Gasteiger partial charge is 0.338 e. The normalized spacial score (nSPS) is 10.7. The molecular formula is C19H17FN2O3S. The van der Waals surface area contributed by atoms with Crippen molar-refractivity contribution in [2.24, 2.45) is 0 Å². The molecule has 0 saturated carbocycles. The molecule has 1 aromatic heterocycles. The molecule has 0 aliphatic carbocycles. The fourth-order valence-corrected chi connectivity index (χ4v) is 3.27. The number of fused-ring (bicyclic) bond motifs is 1. The monoisotopic (exact) mass is 372 g/mol. The van der Waals surface area contributed by atoms with Crippen LogP contribution in [0.4, 0.5) is 9.52 Å². The van der Waals surface area contributed by atoms with Crippen molar-refractivity contribution in [3.8, 4) is 0 Å². The first-order chi connectivity index (χ1) is 12.5. The predicted molar refractivity (Wildman–Crippen MR) is 99.5 cm³/mol. The van der Waals surface area contributed by atoms with Crippen LogP contribution in [0.1, 0.15) is 33.2 Å². The van der Waals surface area contributed by atoms with E-state index in [4.69, 9.17) is 4.74 Å². The number of nitrogens with zero attached hydrogens (tertiary/aromatic N) is 1. The lowest BCUT2D eigenvalue weighted by molar-refractivity contribution is 0.0526. The topological polar surface area (TPSA) is 68.3 Å². The van der Waals surface area contributed by atoms with E-state index in [-0.39, 0.29) is 18.3 Å². The van der Waals surface area contributed by atoms with E-state index in [2.05, 4.69) is 10.3 Å². The fourth-order valence-electron chi connectivity index (χ4n) is 2.37. The lowest BCUT2D eigenvalue weighted by atomic mass is 10.1. The summed E-state index contributed by atoms with van der Waals surface area (Å²) in [6.45, 7) is 3.72. The van der Waals surface area contributed by atoms with E-state index in [1.807, 2.05) is 0 Å². The largest absolute Gasteiger partial charge is 0.462 e. The fraction of sp³-hybridized carbons (Fsp3) is 0.211. The highest BCUT2D eigenvalue weighted by atomic mass is 32.1. The quantitative estimate of drug-likeness (QED) is 0.518. The Morgan fingerprint density at radius 1 is 1.19 bits per heavy atom. The van der Waals surface area contributed by atoms with Gasteiger partial charge in [-0.3, -0.25) is 4.79 Å². The summed E-state index contributed by atoms with van der Waals surface area (Å²) in [5.74, 6) is -1.01. The molecule has 0 aliphatic heterocycles. The molecule has 0 amide bonds. The summed E-state index contributed by atoms with van der Waals surface area (Å²) in [6, 6.07) is 9.53. The van der Waals surface area contributed by atoms with Gasteiger partial charge in [-0.2, -0.15) is 0 Å². The molecule has 2 aromatic carbocycles. The van der Waals surface area contributed by atoms with Crippen LogP contribution in [-0.2, 0) is 4.74 Å². The van der Waals surface area contributed by atoms with Gasteiger partial charge in [-0.05, 0) is 43.7 Å². The third kappa shape index (κ3) is 3.88. The van der Waals surface area contributed by atoms with Gasteiger partial charge in [0.05, 0.1) is 28.9 Å². The summed E-state index contributed by atoms with van der Waals surface area (Å²) < 4.78 is 19.4. The maximum absolute atomic E-state index is 13.6. The van der Waals surface area contributed by atoms with Gasteiger partial charge in [-0.1, -0.05) is 23.5 Å². The zero-order valence-corrected chi connectivity index (χ0v) is 15.2. The van der Waals surface area contributed by atoms with Crippen LogP contribution in [0.15, 0.2) is 36.4 Å². The highest BCUT2D eigenvalue weighted by molar-refractivity contribution is 7.22. The number of ether oxygens (including phenoxy) is 1. The number of hydrogen-bond donors (Lipinski definition) is 1. The number of esters is 1. The summed E-state index contributed by atoms with van der Waals surface area (Å²) in [4.78, 5) is 28.4. The molecule has 0 unspecified atom stereocenters. The van der Waals surface area contributed by atoms with Gasteiger partial charge in [0.15, 0.2) is 10.9 Å². The number of anilines is 1. The van der Waals surface area contributed by atoms with Crippen LogP contribution in [0.2, 0.25) is 0 Å². The van der Waals surface area contributed by atoms with Crippen LogP contribution in [0.5, 0.6) is 0 Å². The minimum atomic E-state index is -0.401. The Morgan fingerprint density at radius 2 is 1.96 bits per heavy atom. The Labute approximate surface area is 153 Å². The molecule has 0 spiro atoms. The number of aromatic nitrogens is 1. The van der Waals surface area contributed by atoms with E-state index in [1.165, 1.54) is 17.4 Å². The number of ketones is 1. The molecule has 0 fully saturated rings. The minimum absolute atomic E-state index is 0.00700. The molecule has 7 heteroatoms. The van der Waals surface area contributed by atoms with Gasteiger partial charge in [-0.15, -0.1) is 0 Å². The van der Waals surface area contributed by atoms with E-state index >= 15 is 0 Å². The van der Waals surface area contributed by atoms with E-state index < -0.39 is 5.82 Å². The lowest BCUT2D eigenvalue weighted by Gasteiger charge is -2.03. The maximum Gasteiger partial charge on any atom is 0.338 e. The highest BCUT2D eigenvalue weighted by Gasteiger charge is 2.12. The van der Waals surface area contributed by atoms with Gasteiger partial charge in [0, 0.05) is 5.56 Å². The van der Waals surface area contributed by atoms with Crippen molar-refractivity contribution in [3.63, 3.8) is 0 Å². The predicted octanol–water partition coefficient (Wildman–Crippen LogP) is 4.22. The number of halogens is 1. The molecule has 26 heavy (non-hydrogen) atoms.